The average Bonchev–Trinajstić information content (AvgIpc) is 2.25. The fourth-order valence-corrected chi connectivity index (χ4v) is 1.39. The lowest BCUT2D eigenvalue weighted by atomic mass is 10.1. The molecule has 1 nitrogen and oxygen atoms in total. The second-order valence-electron chi connectivity index (χ2n) is 3.38. The molecule has 0 unspecified atom stereocenters. The summed E-state index contributed by atoms with van der Waals surface area (Å²) >= 11 is 0. The Morgan fingerprint density at radius 1 is 1.07 bits per heavy atom. The molecule has 0 fully saturated rings. The summed E-state index contributed by atoms with van der Waals surface area (Å²) in [5.41, 5.74) is 2.26. The van der Waals surface area contributed by atoms with Crippen LogP contribution in [0.1, 0.15) is 30.4 Å². The third-order valence-electron chi connectivity index (χ3n) is 2.24. The summed E-state index contributed by atoms with van der Waals surface area (Å²) in [6, 6.07) is 8.10. The van der Waals surface area contributed by atoms with Crippen LogP contribution in [0.25, 0.3) is 0 Å². The fraction of sp³-hybridized carbons (Fsp3) is 0.385. The number of aryl methyl sites for hydroxylation is 1. The van der Waals surface area contributed by atoms with Crippen molar-refractivity contribution >= 4 is 0 Å². The van der Waals surface area contributed by atoms with Crippen LogP contribution in [0.2, 0.25) is 0 Å². The molecule has 0 spiro atoms. The first-order valence-electron chi connectivity index (χ1n) is 5.03. The maximum atomic E-state index is 8.61. The summed E-state index contributed by atoms with van der Waals surface area (Å²) in [6.45, 7) is 0.302. The van der Waals surface area contributed by atoms with Crippen molar-refractivity contribution < 1.29 is 5.11 Å². The van der Waals surface area contributed by atoms with Crippen molar-refractivity contribution in [2.75, 3.05) is 6.61 Å². The molecule has 0 saturated heterocycles. The van der Waals surface area contributed by atoms with Crippen LogP contribution in [0, 0.1) is 12.3 Å². The molecule has 0 amide bonds. The van der Waals surface area contributed by atoms with Crippen LogP contribution in [0.5, 0.6) is 0 Å². The third kappa shape index (κ3) is 3.64. The molecule has 0 aliphatic rings. The summed E-state index contributed by atoms with van der Waals surface area (Å²) in [5, 5.41) is 8.61. The van der Waals surface area contributed by atoms with Gasteiger partial charge in [-0.2, -0.15) is 0 Å². The minimum absolute atomic E-state index is 0.302. The molecule has 74 valence electrons. The van der Waals surface area contributed by atoms with E-state index in [1.165, 1.54) is 5.56 Å². The van der Waals surface area contributed by atoms with Crippen LogP contribution < -0.4 is 0 Å². The Labute approximate surface area is 85.8 Å². The van der Waals surface area contributed by atoms with E-state index >= 15 is 0 Å². The first-order chi connectivity index (χ1) is 6.86. The maximum absolute atomic E-state index is 8.61. The monoisotopic (exact) mass is 188 g/mol. The standard InChI is InChI=1S/C13H16O/c1-2-12-7-9-13(10-8-12)6-4-3-5-11-14/h1,7-10,14H,3-6,11H2. The molecule has 0 aromatic heterocycles. The van der Waals surface area contributed by atoms with E-state index in [4.69, 9.17) is 11.5 Å². The quantitative estimate of drug-likeness (QED) is 0.555. The van der Waals surface area contributed by atoms with Crippen molar-refractivity contribution in [3.8, 4) is 12.3 Å². The highest BCUT2D eigenvalue weighted by molar-refractivity contribution is 5.34. The van der Waals surface area contributed by atoms with Gasteiger partial charge in [0, 0.05) is 12.2 Å². The van der Waals surface area contributed by atoms with Crippen LogP contribution in [-0.4, -0.2) is 11.7 Å². The zero-order chi connectivity index (χ0) is 10.2. The summed E-state index contributed by atoms with van der Waals surface area (Å²) in [7, 11) is 0. The fourth-order valence-electron chi connectivity index (χ4n) is 1.39. The number of terminal acetylenes is 1. The Morgan fingerprint density at radius 2 is 1.79 bits per heavy atom. The summed E-state index contributed by atoms with van der Waals surface area (Å²) in [4.78, 5) is 0. The molecule has 1 rings (SSSR count). The zero-order valence-corrected chi connectivity index (χ0v) is 8.37. The highest BCUT2D eigenvalue weighted by Crippen LogP contribution is 2.08. The van der Waals surface area contributed by atoms with Gasteiger partial charge in [-0.25, -0.2) is 0 Å². The molecular formula is C13H16O. The largest absolute Gasteiger partial charge is 0.396 e. The maximum Gasteiger partial charge on any atom is 0.0431 e. The number of unbranched alkanes of at least 4 members (excludes halogenated alkanes) is 2. The summed E-state index contributed by atoms with van der Waals surface area (Å²) in [5.74, 6) is 2.60. The lowest BCUT2D eigenvalue weighted by Crippen LogP contribution is -1.88. The molecule has 0 saturated carbocycles. The molecule has 0 bridgehead atoms. The third-order valence-corrected chi connectivity index (χ3v) is 2.24. The van der Waals surface area contributed by atoms with Gasteiger partial charge in [-0.15, -0.1) is 6.42 Å². The van der Waals surface area contributed by atoms with E-state index in [0.717, 1.165) is 31.2 Å². The molecule has 0 aliphatic heterocycles. The van der Waals surface area contributed by atoms with Crippen LogP contribution in [0.15, 0.2) is 24.3 Å². The Morgan fingerprint density at radius 3 is 2.36 bits per heavy atom. The molecule has 0 atom stereocenters. The van der Waals surface area contributed by atoms with Crippen LogP contribution in [0.4, 0.5) is 0 Å². The van der Waals surface area contributed by atoms with Crippen LogP contribution in [-0.2, 0) is 6.42 Å². The van der Waals surface area contributed by atoms with Gasteiger partial charge >= 0.3 is 0 Å². The van der Waals surface area contributed by atoms with Crippen LogP contribution in [0.3, 0.4) is 0 Å². The first-order valence-corrected chi connectivity index (χ1v) is 5.03. The van der Waals surface area contributed by atoms with Gasteiger partial charge in [0.25, 0.3) is 0 Å². The van der Waals surface area contributed by atoms with Gasteiger partial charge in [-0.3, -0.25) is 0 Å². The highest BCUT2D eigenvalue weighted by Gasteiger charge is 1.93. The van der Waals surface area contributed by atoms with Crippen molar-refractivity contribution in [1.29, 1.82) is 0 Å². The van der Waals surface area contributed by atoms with E-state index < -0.39 is 0 Å². The molecular weight excluding hydrogens is 172 g/mol. The summed E-state index contributed by atoms with van der Waals surface area (Å²) in [6.07, 6.45) is 9.47. The minimum atomic E-state index is 0.302. The molecule has 1 heteroatoms. The predicted molar refractivity (Wildman–Crippen MR) is 59.0 cm³/mol. The van der Waals surface area contributed by atoms with E-state index in [1.807, 2.05) is 12.1 Å². The Balaban J connectivity index is 2.33. The Bertz CT molecular complexity index is 292. The molecule has 1 N–H and O–H groups in total. The molecule has 0 heterocycles. The first kappa shape index (κ1) is 10.8. The van der Waals surface area contributed by atoms with Gasteiger partial charge in [0.2, 0.25) is 0 Å². The number of rotatable bonds is 5. The normalized spacial score (nSPS) is 9.71. The van der Waals surface area contributed by atoms with Gasteiger partial charge in [0.15, 0.2) is 0 Å². The number of benzene rings is 1. The number of hydrogen-bond donors (Lipinski definition) is 1. The van der Waals surface area contributed by atoms with Gasteiger partial charge in [0.1, 0.15) is 0 Å². The topological polar surface area (TPSA) is 20.2 Å². The molecule has 0 aliphatic carbocycles. The van der Waals surface area contributed by atoms with Gasteiger partial charge in [-0.05, 0) is 37.0 Å². The highest BCUT2D eigenvalue weighted by atomic mass is 16.2. The van der Waals surface area contributed by atoms with Gasteiger partial charge in [-0.1, -0.05) is 24.5 Å². The number of aliphatic hydroxyl groups is 1. The smallest absolute Gasteiger partial charge is 0.0431 e. The molecule has 0 radical (unpaired) electrons. The van der Waals surface area contributed by atoms with Crippen molar-refractivity contribution in [2.45, 2.75) is 25.7 Å². The van der Waals surface area contributed by atoms with Crippen LogP contribution >= 0.6 is 0 Å². The Kier molecular flexibility index (Phi) is 4.82. The van der Waals surface area contributed by atoms with Crippen molar-refractivity contribution in [2.24, 2.45) is 0 Å². The second kappa shape index (κ2) is 6.23. The van der Waals surface area contributed by atoms with Gasteiger partial charge < -0.3 is 5.11 Å². The summed E-state index contributed by atoms with van der Waals surface area (Å²) < 4.78 is 0. The van der Waals surface area contributed by atoms with Crippen molar-refractivity contribution in [1.82, 2.24) is 0 Å². The van der Waals surface area contributed by atoms with E-state index in [-0.39, 0.29) is 0 Å². The average molecular weight is 188 g/mol. The predicted octanol–water partition coefficient (Wildman–Crippen LogP) is 2.37. The lowest BCUT2D eigenvalue weighted by molar-refractivity contribution is 0.283. The molecule has 14 heavy (non-hydrogen) atoms. The number of aliphatic hydroxyl groups excluding tert-OH is 1. The van der Waals surface area contributed by atoms with E-state index in [9.17, 15) is 0 Å². The minimum Gasteiger partial charge on any atom is -0.396 e. The number of hydrogen-bond acceptors (Lipinski definition) is 1. The van der Waals surface area contributed by atoms with Gasteiger partial charge in [0.05, 0.1) is 0 Å². The second-order valence-corrected chi connectivity index (χ2v) is 3.38. The molecule has 1 aromatic rings. The van der Waals surface area contributed by atoms with E-state index in [0.29, 0.717) is 6.61 Å². The van der Waals surface area contributed by atoms with E-state index in [2.05, 4.69) is 18.1 Å². The van der Waals surface area contributed by atoms with Crippen molar-refractivity contribution in [3.05, 3.63) is 35.4 Å². The molecule has 1 aromatic carbocycles. The SMILES string of the molecule is C#Cc1ccc(CCCCCO)cc1. The van der Waals surface area contributed by atoms with Crippen molar-refractivity contribution in [3.63, 3.8) is 0 Å². The zero-order valence-electron chi connectivity index (χ0n) is 8.37. The van der Waals surface area contributed by atoms with E-state index in [1.54, 1.807) is 0 Å². The Hall–Kier alpha value is -1.26. The lowest BCUT2D eigenvalue weighted by Gasteiger charge is -2.00.